The number of likely N-dealkylation sites (tertiary alicyclic amines) is 1. The molecular weight excluding hydrogens is 236 g/mol. The van der Waals surface area contributed by atoms with Crippen molar-refractivity contribution in [2.24, 2.45) is 0 Å². The van der Waals surface area contributed by atoms with Gasteiger partial charge < -0.3 is 10.2 Å². The van der Waals surface area contributed by atoms with Crippen molar-refractivity contribution in [2.75, 3.05) is 38.1 Å². The van der Waals surface area contributed by atoms with Gasteiger partial charge in [-0.05, 0) is 51.0 Å². The summed E-state index contributed by atoms with van der Waals surface area (Å²) in [5, 5.41) is 3.16. The van der Waals surface area contributed by atoms with Crippen molar-refractivity contribution in [3.63, 3.8) is 0 Å². The van der Waals surface area contributed by atoms with Crippen molar-refractivity contribution >= 4 is 5.82 Å². The Bertz CT molecular complexity index is 397. The van der Waals surface area contributed by atoms with Gasteiger partial charge in [0.1, 0.15) is 5.82 Å². The van der Waals surface area contributed by atoms with E-state index in [-0.39, 0.29) is 0 Å². The van der Waals surface area contributed by atoms with Gasteiger partial charge in [-0.15, -0.1) is 0 Å². The molecule has 4 nitrogen and oxygen atoms in total. The van der Waals surface area contributed by atoms with Gasteiger partial charge in [-0.3, -0.25) is 4.90 Å². The minimum atomic E-state index is 0.751. The monoisotopic (exact) mass is 260 g/mol. The fraction of sp³-hybridized carbons (Fsp3) is 0.667. The quantitative estimate of drug-likeness (QED) is 0.888. The van der Waals surface area contributed by atoms with Gasteiger partial charge in [0, 0.05) is 31.9 Å². The summed E-state index contributed by atoms with van der Waals surface area (Å²) in [6, 6.07) is 5.10. The zero-order valence-electron chi connectivity index (χ0n) is 11.8. The normalized spacial score (nSPS) is 24.3. The first kappa shape index (κ1) is 12.9. The van der Waals surface area contributed by atoms with Crippen molar-refractivity contribution in [1.82, 2.24) is 15.2 Å². The van der Waals surface area contributed by atoms with E-state index in [0.29, 0.717) is 0 Å². The van der Waals surface area contributed by atoms with Crippen LogP contribution in [0.5, 0.6) is 0 Å². The van der Waals surface area contributed by atoms with Crippen LogP contribution in [-0.4, -0.2) is 49.2 Å². The van der Waals surface area contributed by atoms with E-state index in [1.807, 2.05) is 13.2 Å². The van der Waals surface area contributed by atoms with Crippen LogP contribution in [-0.2, 0) is 6.54 Å². The molecule has 0 amide bonds. The van der Waals surface area contributed by atoms with E-state index in [4.69, 9.17) is 0 Å². The molecule has 1 unspecified atom stereocenters. The van der Waals surface area contributed by atoms with Crippen LogP contribution in [0.25, 0.3) is 0 Å². The molecule has 0 radical (unpaired) electrons. The maximum absolute atomic E-state index is 4.61. The van der Waals surface area contributed by atoms with Crippen LogP contribution in [0, 0.1) is 0 Å². The predicted octanol–water partition coefficient (Wildman–Crippen LogP) is 1.48. The zero-order valence-corrected chi connectivity index (χ0v) is 11.8. The van der Waals surface area contributed by atoms with Crippen LogP contribution >= 0.6 is 0 Å². The molecule has 0 bridgehead atoms. The highest BCUT2D eigenvalue weighted by molar-refractivity contribution is 5.41. The van der Waals surface area contributed by atoms with E-state index in [9.17, 15) is 0 Å². The van der Waals surface area contributed by atoms with E-state index in [1.165, 1.54) is 37.9 Å². The fourth-order valence-electron chi connectivity index (χ4n) is 3.27. The second-order valence-electron chi connectivity index (χ2n) is 5.69. The summed E-state index contributed by atoms with van der Waals surface area (Å²) in [6.45, 7) is 5.79. The zero-order chi connectivity index (χ0) is 13.1. The van der Waals surface area contributed by atoms with Crippen molar-refractivity contribution in [1.29, 1.82) is 0 Å². The molecule has 1 atom stereocenters. The minimum Gasteiger partial charge on any atom is -0.355 e. The Morgan fingerprint density at radius 3 is 2.79 bits per heavy atom. The summed E-state index contributed by atoms with van der Waals surface area (Å²) in [6.07, 6.45) is 6.05. The Balaban J connectivity index is 1.60. The molecular formula is C15H24N4. The average molecular weight is 260 g/mol. The number of pyridine rings is 1. The van der Waals surface area contributed by atoms with E-state index in [0.717, 1.165) is 31.5 Å². The Hall–Kier alpha value is -1.13. The molecule has 3 rings (SSSR count). The standard InChI is InChI=1S/C15H24N4/c1-16-10-13-4-5-15(17-11-13)19-9-6-14(12-19)18-7-2-3-8-18/h4-5,11,14,16H,2-3,6-10,12H2,1H3. The second-order valence-corrected chi connectivity index (χ2v) is 5.69. The largest absolute Gasteiger partial charge is 0.355 e. The van der Waals surface area contributed by atoms with Gasteiger partial charge in [-0.1, -0.05) is 6.07 Å². The predicted molar refractivity (Wildman–Crippen MR) is 78.4 cm³/mol. The molecule has 3 heterocycles. The van der Waals surface area contributed by atoms with E-state index < -0.39 is 0 Å². The molecule has 0 saturated carbocycles. The molecule has 2 saturated heterocycles. The lowest BCUT2D eigenvalue weighted by Crippen LogP contribution is -2.35. The molecule has 2 fully saturated rings. The summed E-state index contributed by atoms with van der Waals surface area (Å²) >= 11 is 0. The van der Waals surface area contributed by atoms with E-state index >= 15 is 0 Å². The van der Waals surface area contributed by atoms with Gasteiger partial charge in [-0.2, -0.15) is 0 Å². The summed E-state index contributed by atoms with van der Waals surface area (Å²) in [4.78, 5) is 9.71. The van der Waals surface area contributed by atoms with E-state index in [1.54, 1.807) is 0 Å². The van der Waals surface area contributed by atoms with Crippen LogP contribution in [0.4, 0.5) is 5.82 Å². The minimum absolute atomic E-state index is 0.751. The number of hydrogen-bond acceptors (Lipinski definition) is 4. The second kappa shape index (κ2) is 5.88. The number of rotatable bonds is 4. The summed E-state index contributed by atoms with van der Waals surface area (Å²) in [5.41, 5.74) is 1.25. The highest BCUT2D eigenvalue weighted by atomic mass is 15.3. The first-order valence-corrected chi connectivity index (χ1v) is 7.45. The molecule has 4 heteroatoms. The molecule has 0 aliphatic carbocycles. The van der Waals surface area contributed by atoms with Crippen molar-refractivity contribution in [3.8, 4) is 0 Å². The van der Waals surface area contributed by atoms with Crippen molar-refractivity contribution < 1.29 is 0 Å². The highest BCUT2D eigenvalue weighted by Gasteiger charge is 2.29. The Morgan fingerprint density at radius 2 is 2.11 bits per heavy atom. The van der Waals surface area contributed by atoms with E-state index in [2.05, 4.69) is 32.2 Å². The number of nitrogens with one attached hydrogen (secondary N) is 1. The Labute approximate surface area is 115 Å². The average Bonchev–Trinajstić information content (AvgIpc) is 3.11. The SMILES string of the molecule is CNCc1ccc(N2CCC(N3CCCC3)C2)nc1. The molecule has 0 spiro atoms. The smallest absolute Gasteiger partial charge is 0.128 e. The molecule has 19 heavy (non-hydrogen) atoms. The van der Waals surface area contributed by atoms with Crippen LogP contribution in [0.2, 0.25) is 0 Å². The lowest BCUT2D eigenvalue weighted by molar-refractivity contribution is 0.260. The molecule has 2 aliphatic rings. The van der Waals surface area contributed by atoms with Gasteiger partial charge in [0.05, 0.1) is 0 Å². The van der Waals surface area contributed by atoms with Crippen molar-refractivity contribution in [3.05, 3.63) is 23.9 Å². The van der Waals surface area contributed by atoms with Gasteiger partial charge in [0.15, 0.2) is 0 Å². The van der Waals surface area contributed by atoms with Gasteiger partial charge >= 0.3 is 0 Å². The van der Waals surface area contributed by atoms with Crippen LogP contribution < -0.4 is 10.2 Å². The number of anilines is 1. The molecule has 1 aromatic heterocycles. The maximum atomic E-state index is 4.61. The van der Waals surface area contributed by atoms with Crippen LogP contribution in [0.15, 0.2) is 18.3 Å². The summed E-state index contributed by atoms with van der Waals surface area (Å²) < 4.78 is 0. The molecule has 2 aliphatic heterocycles. The van der Waals surface area contributed by atoms with Gasteiger partial charge in [0.2, 0.25) is 0 Å². The molecule has 1 aromatic rings. The molecule has 104 valence electrons. The highest BCUT2D eigenvalue weighted by Crippen LogP contribution is 2.24. The van der Waals surface area contributed by atoms with Crippen molar-refractivity contribution in [2.45, 2.75) is 31.8 Å². The number of aromatic nitrogens is 1. The van der Waals surface area contributed by atoms with Gasteiger partial charge in [-0.25, -0.2) is 4.98 Å². The molecule has 1 N–H and O–H groups in total. The Kier molecular flexibility index (Phi) is 3.99. The summed E-state index contributed by atoms with van der Waals surface area (Å²) in [5.74, 6) is 1.14. The maximum Gasteiger partial charge on any atom is 0.128 e. The fourth-order valence-corrected chi connectivity index (χ4v) is 3.27. The number of hydrogen-bond donors (Lipinski definition) is 1. The lowest BCUT2D eigenvalue weighted by Gasteiger charge is -2.24. The third-order valence-electron chi connectivity index (χ3n) is 4.33. The third-order valence-corrected chi connectivity index (χ3v) is 4.33. The van der Waals surface area contributed by atoms with Crippen LogP contribution in [0.3, 0.4) is 0 Å². The first-order valence-electron chi connectivity index (χ1n) is 7.45. The topological polar surface area (TPSA) is 31.4 Å². The van der Waals surface area contributed by atoms with Crippen LogP contribution in [0.1, 0.15) is 24.8 Å². The summed E-state index contributed by atoms with van der Waals surface area (Å²) in [7, 11) is 1.97. The lowest BCUT2D eigenvalue weighted by atomic mass is 10.2. The number of nitrogens with zero attached hydrogens (tertiary/aromatic N) is 3. The first-order chi connectivity index (χ1) is 9.36. The van der Waals surface area contributed by atoms with Gasteiger partial charge in [0.25, 0.3) is 0 Å². The molecule has 0 aromatic carbocycles. The third kappa shape index (κ3) is 2.90. The Morgan fingerprint density at radius 1 is 1.26 bits per heavy atom.